The molecule has 8 nitrogen and oxygen atoms in total. The molecule has 0 saturated carbocycles. The van der Waals surface area contributed by atoms with Crippen molar-refractivity contribution in [1.29, 1.82) is 0 Å². The Balaban J connectivity index is 1.26. The van der Waals surface area contributed by atoms with E-state index in [0.29, 0.717) is 23.0 Å². The molecule has 0 atom stereocenters. The first-order valence-corrected chi connectivity index (χ1v) is 11.4. The highest BCUT2D eigenvalue weighted by molar-refractivity contribution is 9.10. The number of nitrogens with one attached hydrogen (secondary N) is 2. The van der Waals surface area contributed by atoms with Gasteiger partial charge in [0, 0.05) is 20.1 Å². The molecule has 0 unspecified atom stereocenters. The predicted molar refractivity (Wildman–Crippen MR) is 135 cm³/mol. The summed E-state index contributed by atoms with van der Waals surface area (Å²) in [6.07, 6.45) is 2.59. The summed E-state index contributed by atoms with van der Waals surface area (Å²) in [6, 6.07) is 22.2. The van der Waals surface area contributed by atoms with E-state index in [4.69, 9.17) is 8.83 Å². The zero-order valence-corrected chi connectivity index (χ0v) is 20.5. The zero-order chi connectivity index (χ0) is 23.9. The van der Waals surface area contributed by atoms with Crippen LogP contribution >= 0.6 is 31.9 Å². The van der Waals surface area contributed by atoms with Crippen molar-refractivity contribution in [3.05, 3.63) is 93.3 Å². The molecular weight excluding hydrogens is 568 g/mol. The molecule has 170 valence electrons. The largest absolute Gasteiger partial charge is 0.455 e. The monoisotopic (exact) mass is 582 g/mol. The van der Waals surface area contributed by atoms with Crippen LogP contribution in [0.5, 0.6) is 0 Å². The van der Waals surface area contributed by atoms with Crippen molar-refractivity contribution in [3.63, 3.8) is 0 Å². The third-order valence-electron chi connectivity index (χ3n) is 4.43. The summed E-state index contributed by atoms with van der Waals surface area (Å²) in [7, 11) is 0. The molecule has 2 amide bonds. The average Bonchev–Trinajstić information content (AvgIpc) is 3.50. The first-order valence-electron chi connectivity index (χ1n) is 9.86. The molecule has 4 rings (SSSR count). The van der Waals surface area contributed by atoms with Crippen molar-refractivity contribution >= 4 is 56.1 Å². The lowest BCUT2D eigenvalue weighted by Crippen LogP contribution is -2.35. The number of halogens is 2. The Morgan fingerprint density at radius 2 is 1.00 bits per heavy atom. The minimum absolute atomic E-state index is 0.413. The van der Waals surface area contributed by atoms with Gasteiger partial charge in [-0.2, -0.15) is 10.2 Å². The summed E-state index contributed by atoms with van der Waals surface area (Å²) in [4.78, 5) is 23.8. The first-order chi connectivity index (χ1) is 16.5. The van der Waals surface area contributed by atoms with Crippen molar-refractivity contribution in [1.82, 2.24) is 10.9 Å². The van der Waals surface area contributed by atoms with Crippen LogP contribution < -0.4 is 10.9 Å². The summed E-state index contributed by atoms with van der Waals surface area (Å²) < 4.78 is 13.2. The van der Waals surface area contributed by atoms with E-state index >= 15 is 0 Å². The first kappa shape index (κ1) is 23.4. The Bertz CT molecular complexity index is 1250. The lowest BCUT2D eigenvalue weighted by Gasteiger charge is -1.98. The van der Waals surface area contributed by atoms with Gasteiger partial charge in [0.1, 0.15) is 23.0 Å². The normalized spacial score (nSPS) is 11.2. The molecule has 0 spiro atoms. The maximum absolute atomic E-state index is 11.9. The molecule has 0 fully saturated rings. The van der Waals surface area contributed by atoms with Crippen molar-refractivity contribution in [2.45, 2.75) is 0 Å². The molecule has 0 aliphatic carbocycles. The van der Waals surface area contributed by atoms with Crippen LogP contribution in [-0.4, -0.2) is 24.2 Å². The highest BCUT2D eigenvalue weighted by atomic mass is 79.9. The maximum atomic E-state index is 11.9. The van der Waals surface area contributed by atoms with Crippen LogP contribution in [0.3, 0.4) is 0 Å². The van der Waals surface area contributed by atoms with Crippen LogP contribution in [0.2, 0.25) is 0 Å². The molecule has 0 bridgehead atoms. The topological polar surface area (TPSA) is 109 Å². The van der Waals surface area contributed by atoms with Gasteiger partial charge in [-0.1, -0.05) is 56.1 Å². The van der Waals surface area contributed by atoms with Gasteiger partial charge in [0.25, 0.3) is 0 Å². The van der Waals surface area contributed by atoms with E-state index < -0.39 is 11.8 Å². The molecule has 4 aromatic rings. The predicted octanol–water partition coefficient (Wildman–Crippen LogP) is 5.33. The van der Waals surface area contributed by atoms with Crippen LogP contribution in [-0.2, 0) is 9.59 Å². The molecule has 0 aliphatic heterocycles. The molecule has 0 aliphatic rings. The summed E-state index contributed by atoms with van der Waals surface area (Å²) in [5, 5.41) is 7.47. The van der Waals surface area contributed by atoms with E-state index in [1.54, 1.807) is 24.3 Å². The SMILES string of the molecule is O=C(NN=Cc1ccc(-c2ccc(Br)cc2)o1)C(=O)NN=Cc1ccc(-c2ccc(Br)cc2)o1. The molecule has 2 N–H and O–H groups in total. The quantitative estimate of drug-likeness (QED) is 0.181. The molecule has 34 heavy (non-hydrogen) atoms. The molecule has 10 heteroatoms. The fraction of sp³-hybridized carbons (Fsp3) is 0. The Morgan fingerprint density at radius 3 is 1.38 bits per heavy atom. The highest BCUT2D eigenvalue weighted by Crippen LogP contribution is 2.24. The molecule has 0 radical (unpaired) electrons. The van der Waals surface area contributed by atoms with E-state index in [1.165, 1.54) is 12.4 Å². The van der Waals surface area contributed by atoms with E-state index in [0.717, 1.165) is 20.1 Å². The van der Waals surface area contributed by atoms with E-state index in [-0.39, 0.29) is 0 Å². The standard InChI is InChI=1S/C24H16Br2N4O4/c25-17-5-1-15(2-6-17)21-11-9-19(33-21)13-27-29-23(31)24(32)30-28-14-20-10-12-22(34-20)16-3-7-18(26)8-4-16/h1-14H,(H,29,31)(H,30,32). The number of rotatable bonds is 6. The fourth-order valence-corrected chi connectivity index (χ4v) is 3.32. The van der Waals surface area contributed by atoms with Gasteiger partial charge in [-0.25, -0.2) is 10.9 Å². The lowest BCUT2D eigenvalue weighted by atomic mass is 10.2. The van der Waals surface area contributed by atoms with Gasteiger partial charge in [0.2, 0.25) is 0 Å². The molecule has 2 aromatic heterocycles. The second kappa shape index (κ2) is 10.9. The smallest absolute Gasteiger partial charge is 0.331 e. The fourth-order valence-electron chi connectivity index (χ4n) is 2.79. The highest BCUT2D eigenvalue weighted by Gasteiger charge is 2.12. The Labute approximate surface area is 211 Å². The van der Waals surface area contributed by atoms with Crippen LogP contribution in [0.4, 0.5) is 0 Å². The summed E-state index contributed by atoms with van der Waals surface area (Å²) in [5.41, 5.74) is 6.02. The van der Waals surface area contributed by atoms with Crippen LogP contribution in [0.1, 0.15) is 11.5 Å². The van der Waals surface area contributed by atoms with E-state index in [1.807, 2.05) is 48.5 Å². The number of furan rings is 2. The van der Waals surface area contributed by atoms with Gasteiger partial charge in [-0.15, -0.1) is 0 Å². The minimum atomic E-state index is -0.983. The van der Waals surface area contributed by atoms with Gasteiger partial charge in [-0.3, -0.25) is 9.59 Å². The average molecular weight is 584 g/mol. The van der Waals surface area contributed by atoms with Gasteiger partial charge in [0.15, 0.2) is 0 Å². The van der Waals surface area contributed by atoms with Crippen LogP contribution in [0.15, 0.2) is 101 Å². The van der Waals surface area contributed by atoms with Crippen molar-refractivity contribution < 1.29 is 18.4 Å². The number of amides is 2. The molecular formula is C24H16Br2N4O4. The number of benzene rings is 2. The van der Waals surface area contributed by atoms with E-state index in [2.05, 4.69) is 52.9 Å². The van der Waals surface area contributed by atoms with E-state index in [9.17, 15) is 9.59 Å². The maximum Gasteiger partial charge on any atom is 0.331 e. The summed E-state index contributed by atoms with van der Waals surface area (Å²) in [6.45, 7) is 0. The number of carbonyl (C=O) groups is 2. The van der Waals surface area contributed by atoms with Crippen LogP contribution in [0.25, 0.3) is 22.6 Å². The summed E-state index contributed by atoms with van der Waals surface area (Å²) >= 11 is 6.76. The van der Waals surface area contributed by atoms with Crippen molar-refractivity contribution in [3.8, 4) is 22.6 Å². The Hall–Kier alpha value is -3.76. The van der Waals surface area contributed by atoms with Crippen molar-refractivity contribution in [2.24, 2.45) is 10.2 Å². The number of hydrogen-bond acceptors (Lipinski definition) is 6. The van der Waals surface area contributed by atoms with Gasteiger partial charge in [-0.05, 0) is 48.5 Å². The summed E-state index contributed by atoms with van der Waals surface area (Å²) in [5.74, 6) is 0.153. The second-order valence-electron chi connectivity index (χ2n) is 6.82. The lowest BCUT2D eigenvalue weighted by molar-refractivity contribution is -0.139. The second-order valence-corrected chi connectivity index (χ2v) is 8.65. The third-order valence-corrected chi connectivity index (χ3v) is 5.49. The molecule has 2 aromatic carbocycles. The van der Waals surface area contributed by atoms with Crippen molar-refractivity contribution in [2.75, 3.05) is 0 Å². The number of hydrogen-bond donors (Lipinski definition) is 2. The van der Waals surface area contributed by atoms with Gasteiger partial charge in [0.05, 0.1) is 12.4 Å². The Kier molecular flexibility index (Phi) is 7.51. The van der Waals surface area contributed by atoms with Crippen LogP contribution in [0, 0.1) is 0 Å². The molecule has 2 heterocycles. The minimum Gasteiger partial charge on any atom is -0.455 e. The number of nitrogens with zero attached hydrogens (tertiary/aromatic N) is 2. The van der Waals surface area contributed by atoms with Gasteiger partial charge >= 0.3 is 11.8 Å². The van der Waals surface area contributed by atoms with Gasteiger partial charge < -0.3 is 8.83 Å². The molecule has 0 saturated heterocycles. The number of hydrazone groups is 2. The Morgan fingerprint density at radius 1 is 0.618 bits per heavy atom. The third kappa shape index (κ3) is 6.18. The number of carbonyl (C=O) groups excluding carboxylic acids is 2. The zero-order valence-electron chi connectivity index (χ0n) is 17.4.